The number of ether oxygens (including phenoxy) is 1. The minimum atomic E-state index is -3.42. The average molecular weight is 398 g/mol. The van der Waals surface area contributed by atoms with Gasteiger partial charge in [-0.15, -0.1) is 0 Å². The fraction of sp³-hybridized carbons (Fsp3) is 0.455. The van der Waals surface area contributed by atoms with Crippen LogP contribution in [0.3, 0.4) is 0 Å². The fourth-order valence-electron chi connectivity index (χ4n) is 1.27. The zero-order chi connectivity index (χ0) is 14.3. The third-order valence-corrected chi connectivity index (χ3v) is 4.59. The van der Waals surface area contributed by atoms with Crippen LogP contribution in [0.25, 0.3) is 0 Å². The Bertz CT molecular complexity index is 507. The number of esters is 1. The monoisotopic (exact) mass is 398 g/mol. The number of sulfonamides is 1. The van der Waals surface area contributed by atoms with Gasteiger partial charge in [-0.2, -0.15) is 0 Å². The molecule has 0 radical (unpaired) electrons. The molecule has 1 heterocycles. The summed E-state index contributed by atoms with van der Waals surface area (Å²) < 4.78 is 29.8. The summed E-state index contributed by atoms with van der Waals surface area (Å²) in [6, 6.07) is 5.35. The number of methoxy groups -OCH3 is 1. The molecule has 0 spiro atoms. The van der Waals surface area contributed by atoms with Gasteiger partial charge in [0.05, 0.1) is 12.9 Å². The number of rotatable bonds is 7. The Morgan fingerprint density at radius 1 is 1.53 bits per heavy atom. The largest absolute Gasteiger partial charge is 0.468 e. The molecule has 1 unspecified atom stereocenters. The van der Waals surface area contributed by atoms with Gasteiger partial charge in [-0.1, -0.05) is 28.7 Å². The lowest BCUT2D eigenvalue weighted by atomic mass is 10.3. The predicted octanol–water partition coefficient (Wildman–Crippen LogP) is 0.520. The fourth-order valence-corrected chi connectivity index (χ4v) is 3.08. The van der Waals surface area contributed by atoms with Crippen LogP contribution in [0.5, 0.6) is 0 Å². The van der Waals surface area contributed by atoms with Crippen molar-refractivity contribution in [3.05, 3.63) is 30.1 Å². The molecule has 0 aliphatic rings. The molecule has 1 rings (SSSR count). The number of alkyl halides is 1. The summed E-state index contributed by atoms with van der Waals surface area (Å²) in [5, 5.41) is 0. The van der Waals surface area contributed by atoms with E-state index in [9.17, 15) is 13.2 Å². The van der Waals surface area contributed by atoms with Crippen molar-refractivity contribution in [1.82, 2.24) is 9.71 Å². The second-order valence-electron chi connectivity index (χ2n) is 3.73. The number of hydrogen-bond acceptors (Lipinski definition) is 5. The average Bonchev–Trinajstić information content (AvgIpc) is 2.43. The summed E-state index contributed by atoms with van der Waals surface area (Å²) in [5.74, 6) is -0.512. The molecule has 0 fully saturated rings. The van der Waals surface area contributed by atoms with Crippen LogP contribution in [-0.2, 0) is 26.0 Å². The first kappa shape index (κ1) is 16.3. The zero-order valence-electron chi connectivity index (χ0n) is 10.4. The molecule has 1 aromatic rings. The standard InChI is InChI=1S/C11H15IN2O4S/c1-18-11(15)10(12)8-14-19(16,17)7-5-9-4-2-3-6-13-9/h2-4,6,10,14H,5,7-8H2,1H3. The summed E-state index contributed by atoms with van der Waals surface area (Å²) in [7, 11) is -2.15. The molecule has 0 saturated carbocycles. The Hall–Kier alpha value is -0.740. The minimum absolute atomic E-state index is 0.0256. The number of nitrogens with zero attached hydrogens (tertiary/aromatic N) is 1. The molecular formula is C11H15IN2O4S. The molecule has 1 N–H and O–H groups in total. The molecule has 1 aromatic heterocycles. The number of hydrogen-bond donors (Lipinski definition) is 1. The van der Waals surface area contributed by atoms with Crippen LogP contribution < -0.4 is 4.72 Å². The summed E-state index contributed by atoms with van der Waals surface area (Å²) in [4.78, 5) is 15.2. The first-order valence-electron chi connectivity index (χ1n) is 5.54. The lowest BCUT2D eigenvalue weighted by molar-refractivity contribution is -0.139. The second-order valence-corrected chi connectivity index (χ2v) is 7.16. The van der Waals surface area contributed by atoms with E-state index in [1.807, 2.05) is 22.6 Å². The number of aryl methyl sites for hydroxylation is 1. The maximum absolute atomic E-state index is 11.7. The van der Waals surface area contributed by atoms with Crippen molar-refractivity contribution >= 4 is 38.6 Å². The van der Waals surface area contributed by atoms with Crippen molar-refractivity contribution in [2.24, 2.45) is 0 Å². The van der Waals surface area contributed by atoms with Crippen molar-refractivity contribution in [3.63, 3.8) is 0 Å². The van der Waals surface area contributed by atoms with E-state index < -0.39 is 19.9 Å². The van der Waals surface area contributed by atoms with Crippen LogP contribution in [-0.4, -0.2) is 42.7 Å². The third-order valence-electron chi connectivity index (χ3n) is 2.29. The summed E-state index contributed by atoms with van der Waals surface area (Å²) in [6.07, 6.45) is 1.95. The number of aromatic nitrogens is 1. The summed E-state index contributed by atoms with van der Waals surface area (Å²) in [5.41, 5.74) is 0.715. The molecule has 0 aromatic carbocycles. The highest BCUT2D eigenvalue weighted by molar-refractivity contribution is 14.1. The van der Waals surface area contributed by atoms with E-state index in [4.69, 9.17) is 0 Å². The van der Waals surface area contributed by atoms with E-state index in [1.54, 1.807) is 24.4 Å². The zero-order valence-corrected chi connectivity index (χ0v) is 13.3. The van der Waals surface area contributed by atoms with Gasteiger partial charge in [0.1, 0.15) is 3.92 Å². The highest BCUT2D eigenvalue weighted by Crippen LogP contribution is 2.03. The third kappa shape index (κ3) is 6.30. The Morgan fingerprint density at radius 2 is 2.26 bits per heavy atom. The number of nitrogens with one attached hydrogen (secondary N) is 1. The smallest absolute Gasteiger partial charge is 0.319 e. The SMILES string of the molecule is COC(=O)C(I)CNS(=O)(=O)CCc1ccccn1. The van der Waals surface area contributed by atoms with Gasteiger partial charge in [-0.25, -0.2) is 13.1 Å². The molecule has 8 heteroatoms. The van der Waals surface area contributed by atoms with Crippen molar-refractivity contribution in [3.8, 4) is 0 Å². The first-order chi connectivity index (χ1) is 8.94. The molecule has 6 nitrogen and oxygen atoms in total. The van der Waals surface area contributed by atoms with Crippen molar-refractivity contribution in [2.45, 2.75) is 10.3 Å². The number of halogens is 1. The van der Waals surface area contributed by atoms with Crippen molar-refractivity contribution in [2.75, 3.05) is 19.4 Å². The molecule has 0 aliphatic carbocycles. The molecular weight excluding hydrogens is 383 g/mol. The van der Waals surface area contributed by atoms with Gasteiger partial charge in [0.25, 0.3) is 0 Å². The van der Waals surface area contributed by atoms with Crippen molar-refractivity contribution < 1.29 is 17.9 Å². The number of carbonyl (C=O) groups is 1. The van der Waals surface area contributed by atoms with Crippen molar-refractivity contribution in [1.29, 1.82) is 0 Å². The molecule has 106 valence electrons. The van der Waals surface area contributed by atoms with E-state index in [0.29, 0.717) is 12.1 Å². The van der Waals surface area contributed by atoms with Crippen LogP contribution in [0, 0.1) is 0 Å². The lowest BCUT2D eigenvalue weighted by Gasteiger charge is -2.09. The van der Waals surface area contributed by atoms with Crippen LogP contribution in [0.1, 0.15) is 5.69 Å². The Kier molecular flexibility index (Phi) is 6.66. The molecule has 0 aliphatic heterocycles. The Balaban J connectivity index is 2.42. The van der Waals surface area contributed by atoms with Crippen LogP contribution in [0.15, 0.2) is 24.4 Å². The summed E-state index contributed by atoms with van der Waals surface area (Å²) in [6.45, 7) is 0.0256. The van der Waals surface area contributed by atoms with Gasteiger partial charge in [0.2, 0.25) is 10.0 Å². The van der Waals surface area contributed by atoms with Crippen LogP contribution >= 0.6 is 22.6 Å². The topological polar surface area (TPSA) is 85.4 Å². The van der Waals surface area contributed by atoms with E-state index in [0.717, 1.165) is 0 Å². The first-order valence-corrected chi connectivity index (χ1v) is 8.43. The van der Waals surface area contributed by atoms with Gasteiger partial charge in [-0.3, -0.25) is 9.78 Å². The quantitative estimate of drug-likeness (QED) is 0.411. The van der Waals surface area contributed by atoms with E-state index in [1.165, 1.54) is 7.11 Å². The summed E-state index contributed by atoms with van der Waals surface area (Å²) >= 11 is 1.83. The van der Waals surface area contributed by atoms with Gasteiger partial charge in [0.15, 0.2) is 0 Å². The molecule has 1 atom stereocenters. The predicted molar refractivity (Wildman–Crippen MR) is 79.6 cm³/mol. The minimum Gasteiger partial charge on any atom is -0.468 e. The van der Waals surface area contributed by atoms with E-state index in [2.05, 4.69) is 14.4 Å². The number of carbonyl (C=O) groups excluding carboxylic acids is 1. The van der Waals surface area contributed by atoms with Gasteiger partial charge in [0, 0.05) is 24.9 Å². The van der Waals surface area contributed by atoms with E-state index >= 15 is 0 Å². The van der Waals surface area contributed by atoms with Gasteiger partial charge < -0.3 is 4.74 Å². The molecule has 0 bridgehead atoms. The normalized spacial score (nSPS) is 12.9. The van der Waals surface area contributed by atoms with Gasteiger partial charge in [-0.05, 0) is 12.1 Å². The number of pyridine rings is 1. The molecule has 0 amide bonds. The lowest BCUT2D eigenvalue weighted by Crippen LogP contribution is -2.35. The molecule has 19 heavy (non-hydrogen) atoms. The highest BCUT2D eigenvalue weighted by Gasteiger charge is 2.18. The van der Waals surface area contributed by atoms with Gasteiger partial charge >= 0.3 is 5.97 Å². The van der Waals surface area contributed by atoms with E-state index in [-0.39, 0.29) is 12.3 Å². The Labute approximate surface area is 126 Å². The Morgan fingerprint density at radius 3 is 2.84 bits per heavy atom. The van der Waals surface area contributed by atoms with Crippen LogP contribution in [0.2, 0.25) is 0 Å². The molecule has 0 saturated heterocycles. The van der Waals surface area contributed by atoms with Crippen LogP contribution in [0.4, 0.5) is 0 Å². The second kappa shape index (κ2) is 7.75. The maximum Gasteiger partial charge on any atom is 0.319 e. The highest BCUT2D eigenvalue weighted by atomic mass is 127. The maximum atomic E-state index is 11.7.